The van der Waals surface area contributed by atoms with Crippen LogP contribution in [0.25, 0.3) is 0 Å². The second-order valence-electron chi connectivity index (χ2n) is 7.04. The zero-order valence-corrected chi connectivity index (χ0v) is 16.9. The van der Waals surface area contributed by atoms with Gasteiger partial charge in [0.2, 0.25) is 11.7 Å². The van der Waals surface area contributed by atoms with E-state index >= 15 is 0 Å². The van der Waals surface area contributed by atoms with Crippen LogP contribution in [0, 0.1) is 17.0 Å². The number of fused-ring (bicyclic) bond motifs is 1. The number of benzene rings is 1. The summed E-state index contributed by atoms with van der Waals surface area (Å²) in [4.78, 5) is 34.7. The molecule has 1 amide bonds. The molecule has 0 aliphatic heterocycles. The zero-order chi connectivity index (χ0) is 21.7. The van der Waals surface area contributed by atoms with Crippen LogP contribution in [-0.2, 0) is 22.4 Å². The van der Waals surface area contributed by atoms with E-state index < -0.39 is 10.9 Å². The summed E-state index contributed by atoms with van der Waals surface area (Å²) in [7, 11) is 0. The highest BCUT2D eigenvalue weighted by atomic mass is 16.6. The Kier molecular flexibility index (Phi) is 6.61. The topological polar surface area (TPSA) is 124 Å². The van der Waals surface area contributed by atoms with Gasteiger partial charge in [-0.1, -0.05) is 19.1 Å². The van der Waals surface area contributed by atoms with Gasteiger partial charge in [-0.3, -0.25) is 14.9 Å². The molecule has 2 aromatic rings. The van der Waals surface area contributed by atoms with Crippen LogP contribution >= 0.6 is 0 Å². The molecule has 0 radical (unpaired) electrons. The Labute approximate surface area is 173 Å². The number of carbonyl (C=O) groups excluding carboxylic acids is 2. The predicted octanol–water partition coefficient (Wildman–Crippen LogP) is 3.46. The first kappa shape index (κ1) is 21.2. The molecule has 1 aromatic carbocycles. The first-order valence-corrected chi connectivity index (χ1v) is 9.79. The lowest BCUT2D eigenvalue weighted by Gasteiger charge is -2.13. The third-order valence-electron chi connectivity index (χ3n) is 4.78. The van der Waals surface area contributed by atoms with Crippen molar-refractivity contribution in [1.82, 2.24) is 5.43 Å². The van der Waals surface area contributed by atoms with Crippen LogP contribution in [0.2, 0.25) is 0 Å². The maximum absolute atomic E-state index is 12.3. The Morgan fingerprint density at radius 3 is 2.67 bits per heavy atom. The van der Waals surface area contributed by atoms with E-state index in [9.17, 15) is 19.7 Å². The molecule has 0 atom stereocenters. The summed E-state index contributed by atoms with van der Waals surface area (Å²) < 4.78 is 10.9. The summed E-state index contributed by atoms with van der Waals surface area (Å²) >= 11 is 0. The van der Waals surface area contributed by atoms with Crippen LogP contribution < -0.4 is 5.43 Å². The number of nitrogens with one attached hydrogen (secondary N) is 1. The van der Waals surface area contributed by atoms with E-state index in [1.807, 2.05) is 6.92 Å². The number of esters is 1. The summed E-state index contributed by atoms with van der Waals surface area (Å²) in [5.74, 6) is 0.0170. The van der Waals surface area contributed by atoms with E-state index in [-0.39, 0.29) is 23.8 Å². The number of hydrazone groups is 1. The van der Waals surface area contributed by atoms with Crippen LogP contribution in [0.4, 0.5) is 5.69 Å². The zero-order valence-electron chi connectivity index (χ0n) is 16.9. The lowest BCUT2D eigenvalue weighted by molar-refractivity contribution is -0.384. The first-order valence-electron chi connectivity index (χ1n) is 9.79. The van der Waals surface area contributed by atoms with E-state index in [1.165, 1.54) is 24.3 Å². The minimum absolute atomic E-state index is 0.0298. The van der Waals surface area contributed by atoms with Crippen LogP contribution in [0.1, 0.15) is 59.2 Å². The number of amides is 1. The van der Waals surface area contributed by atoms with Crippen molar-refractivity contribution in [2.24, 2.45) is 5.10 Å². The Bertz CT molecular complexity index is 991. The average Bonchev–Trinajstić information content (AvgIpc) is 3.08. The Balaban J connectivity index is 1.71. The first-order chi connectivity index (χ1) is 14.4. The third kappa shape index (κ3) is 4.73. The third-order valence-corrected chi connectivity index (χ3v) is 4.78. The highest BCUT2D eigenvalue weighted by molar-refractivity contribution is 6.06. The minimum atomic E-state index is -0.495. The Morgan fingerprint density at radius 1 is 1.27 bits per heavy atom. The fourth-order valence-corrected chi connectivity index (χ4v) is 3.33. The molecule has 1 aliphatic carbocycles. The van der Waals surface area contributed by atoms with E-state index in [0.717, 1.165) is 18.4 Å². The minimum Gasteiger partial charge on any atom is -0.460 e. The number of nitro benzene ring substituents is 1. The maximum Gasteiger partial charge on any atom is 0.374 e. The van der Waals surface area contributed by atoms with Crippen molar-refractivity contribution in [3.63, 3.8) is 0 Å². The number of aryl methyl sites for hydroxylation is 1. The molecule has 0 bridgehead atoms. The molecule has 1 heterocycles. The average molecular weight is 413 g/mol. The predicted molar refractivity (Wildman–Crippen MR) is 108 cm³/mol. The van der Waals surface area contributed by atoms with Crippen molar-refractivity contribution < 1.29 is 23.7 Å². The maximum atomic E-state index is 12.3. The van der Waals surface area contributed by atoms with Gasteiger partial charge < -0.3 is 9.15 Å². The standard InChI is InChI=1S/C21H23N3O6/c1-3-11-29-21(26)20-13(2)19-16(5-4-6-17(19)30-20)22-23-18(25)12-14-7-9-15(10-8-14)24(27)28/h7-10H,3-6,11-12H2,1-2H3,(H,23,25)/b22-16+. The van der Waals surface area contributed by atoms with Gasteiger partial charge in [0.1, 0.15) is 5.76 Å². The van der Waals surface area contributed by atoms with Crippen molar-refractivity contribution in [3.8, 4) is 0 Å². The van der Waals surface area contributed by atoms with Gasteiger partial charge in [0.25, 0.3) is 5.69 Å². The second kappa shape index (κ2) is 9.34. The summed E-state index contributed by atoms with van der Waals surface area (Å²) in [5, 5.41) is 15.0. The molecule has 9 heteroatoms. The summed E-state index contributed by atoms with van der Waals surface area (Å²) in [6.45, 7) is 4.02. The number of hydrogen-bond donors (Lipinski definition) is 1. The number of nitrogens with zero attached hydrogens (tertiary/aromatic N) is 2. The molecule has 0 fully saturated rings. The van der Waals surface area contributed by atoms with Gasteiger partial charge in [-0.25, -0.2) is 10.2 Å². The van der Waals surface area contributed by atoms with Gasteiger partial charge in [-0.15, -0.1) is 0 Å². The second-order valence-corrected chi connectivity index (χ2v) is 7.04. The normalized spacial score (nSPS) is 14.3. The number of carbonyl (C=O) groups is 2. The van der Waals surface area contributed by atoms with Crippen LogP contribution in [-0.4, -0.2) is 29.1 Å². The number of ether oxygens (including phenoxy) is 1. The Morgan fingerprint density at radius 2 is 2.00 bits per heavy atom. The lowest BCUT2D eigenvalue weighted by atomic mass is 9.93. The Hall–Kier alpha value is -3.49. The molecule has 158 valence electrons. The van der Waals surface area contributed by atoms with Crippen molar-refractivity contribution >= 4 is 23.3 Å². The van der Waals surface area contributed by atoms with Gasteiger partial charge in [-0.2, -0.15) is 5.10 Å². The number of non-ortho nitro benzene ring substituents is 1. The number of nitro groups is 1. The molecule has 30 heavy (non-hydrogen) atoms. The summed E-state index contributed by atoms with van der Waals surface area (Å²) in [6, 6.07) is 5.79. The van der Waals surface area contributed by atoms with Gasteiger partial charge in [0, 0.05) is 29.7 Å². The summed E-state index contributed by atoms with van der Waals surface area (Å²) in [5.41, 5.74) is 5.22. The molecule has 1 aliphatic rings. The monoisotopic (exact) mass is 413 g/mol. The van der Waals surface area contributed by atoms with Gasteiger partial charge in [0.15, 0.2) is 0 Å². The largest absolute Gasteiger partial charge is 0.460 e. The van der Waals surface area contributed by atoms with Crippen molar-refractivity contribution in [2.45, 2.75) is 46.0 Å². The summed E-state index contributed by atoms with van der Waals surface area (Å²) in [6.07, 6.45) is 2.89. The SMILES string of the molecule is CCCOC(=O)c1oc2c(c1C)/C(=N/NC(=O)Cc1ccc([N+](=O)[O-])cc1)CCC2. The van der Waals surface area contributed by atoms with Crippen LogP contribution in [0.15, 0.2) is 33.8 Å². The quantitative estimate of drug-likeness (QED) is 0.421. The van der Waals surface area contributed by atoms with E-state index in [1.54, 1.807) is 6.92 Å². The molecule has 3 rings (SSSR count). The van der Waals surface area contributed by atoms with Crippen LogP contribution in [0.3, 0.4) is 0 Å². The van der Waals surface area contributed by atoms with Gasteiger partial charge >= 0.3 is 5.97 Å². The van der Waals surface area contributed by atoms with E-state index in [2.05, 4.69) is 10.5 Å². The molecular weight excluding hydrogens is 390 g/mol. The molecule has 0 unspecified atom stereocenters. The van der Waals surface area contributed by atoms with Crippen molar-refractivity contribution in [3.05, 3.63) is 62.6 Å². The van der Waals surface area contributed by atoms with Crippen molar-refractivity contribution in [1.29, 1.82) is 0 Å². The lowest BCUT2D eigenvalue weighted by Crippen LogP contribution is -2.23. The smallest absolute Gasteiger partial charge is 0.374 e. The molecule has 0 saturated carbocycles. The number of rotatable bonds is 7. The van der Waals surface area contributed by atoms with E-state index in [4.69, 9.17) is 9.15 Å². The molecule has 1 aromatic heterocycles. The molecule has 0 spiro atoms. The van der Waals surface area contributed by atoms with Crippen molar-refractivity contribution in [2.75, 3.05) is 6.61 Å². The van der Waals surface area contributed by atoms with E-state index in [0.29, 0.717) is 42.0 Å². The molecule has 1 N–H and O–H groups in total. The number of furan rings is 1. The number of hydrogen-bond acceptors (Lipinski definition) is 7. The molecule has 9 nitrogen and oxygen atoms in total. The molecule has 0 saturated heterocycles. The highest BCUT2D eigenvalue weighted by Gasteiger charge is 2.28. The van der Waals surface area contributed by atoms with Gasteiger partial charge in [-0.05, 0) is 31.7 Å². The van der Waals surface area contributed by atoms with Gasteiger partial charge in [0.05, 0.1) is 23.7 Å². The van der Waals surface area contributed by atoms with Crippen LogP contribution in [0.5, 0.6) is 0 Å². The fraction of sp³-hybridized carbons (Fsp3) is 0.381. The molecular formula is C21H23N3O6. The highest BCUT2D eigenvalue weighted by Crippen LogP contribution is 2.30. The fourth-order valence-electron chi connectivity index (χ4n) is 3.33.